The number of nitriles is 2. The lowest BCUT2D eigenvalue weighted by molar-refractivity contribution is 0.104. The summed E-state index contributed by atoms with van der Waals surface area (Å²) in [6, 6.07) is 16.0. The molecule has 126 valence electrons. The van der Waals surface area contributed by atoms with Crippen molar-refractivity contribution in [3.05, 3.63) is 70.3 Å². The number of hydrogen-bond donors (Lipinski definition) is 0. The summed E-state index contributed by atoms with van der Waals surface area (Å²) in [5.74, 6) is 0.880. The van der Waals surface area contributed by atoms with Crippen molar-refractivity contribution in [1.29, 1.82) is 10.5 Å². The van der Waals surface area contributed by atoms with Crippen LogP contribution in [-0.2, 0) is 0 Å². The van der Waals surface area contributed by atoms with Crippen molar-refractivity contribution in [2.45, 2.75) is 0 Å². The first-order valence-electron chi connectivity index (χ1n) is 7.77. The first-order valence-corrected chi connectivity index (χ1v) is 7.77. The molecule has 0 atom stereocenters. The highest BCUT2D eigenvalue weighted by Crippen LogP contribution is 2.40. The van der Waals surface area contributed by atoms with E-state index in [0.717, 1.165) is 0 Å². The number of carbonyl (C=O) groups is 1. The number of fused-ring (bicyclic) bond motifs is 1. The fourth-order valence-electron chi connectivity index (χ4n) is 2.96. The molecule has 5 heteroatoms. The SMILES string of the molecule is COc1ccc(/C=C2\C(=O)c3ccccc3C2=C(C#N)C#N)cc1OC. The normalized spacial score (nSPS) is 13.8. The molecule has 0 heterocycles. The number of rotatable bonds is 3. The molecule has 0 aliphatic heterocycles. The van der Waals surface area contributed by atoms with Gasteiger partial charge < -0.3 is 9.47 Å². The van der Waals surface area contributed by atoms with E-state index in [0.29, 0.717) is 39.3 Å². The minimum atomic E-state index is -0.214. The molecule has 0 N–H and O–H groups in total. The molecule has 0 amide bonds. The maximum Gasteiger partial charge on any atom is 0.194 e. The van der Waals surface area contributed by atoms with Gasteiger partial charge in [-0.25, -0.2) is 0 Å². The van der Waals surface area contributed by atoms with Crippen LogP contribution in [-0.4, -0.2) is 20.0 Å². The van der Waals surface area contributed by atoms with Gasteiger partial charge in [-0.1, -0.05) is 30.3 Å². The van der Waals surface area contributed by atoms with E-state index < -0.39 is 0 Å². The third kappa shape index (κ3) is 2.72. The Morgan fingerprint density at radius 2 is 1.62 bits per heavy atom. The van der Waals surface area contributed by atoms with Crippen molar-refractivity contribution in [3.63, 3.8) is 0 Å². The second-order valence-corrected chi connectivity index (χ2v) is 5.52. The minimum absolute atomic E-state index is 0.0879. The van der Waals surface area contributed by atoms with Crippen molar-refractivity contribution in [1.82, 2.24) is 0 Å². The number of benzene rings is 2. The second kappa shape index (κ2) is 6.96. The molecule has 0 bridgehead atoms. The van der Waals surface area contributed by atoms with Crippen LogP contribution in [0.2, 0.25) is 0 Å². The van der Waals surface area contributed by atoms with Crippen molar-refractivity contribution >= 4 is 17.4 Å². The molecule has 1 aliphatic carbocycles. The predicted octanol–water partition coefficient (Wildman–Crippen LogP) is 3.78. The Balaban J connectivity index is 2.23. The Morgan fingerprint density at radius 1 is 0.962 bits per heavy atom. The summed E-state index contributed by atoms with van der Waals surface area (Å²) in [6.07, 6.45) is 1.66. The molecule has 5 nitrogen and oxygen atoms in total. The van der Waals surface area contributed by atoms with Gasteiger partial charge in [0.05, 0.1) is 14.2 Å². The van der Waals surface area contributed by atoms with Gasteiger partial charge in [0, 0.05) is 16.7 Å². The zero-order valence-corrected chi connectivity index (χ0v) is 14.2. The first kappa shape index (κ1) is 17.0. The number of hydrogen-bond acceptors (Lipinski definition) is 5. The van der Waals surface area contributed by atoms with Crippen molar-refractivity contribution in [2.24, 2.45) is 0 Å². The molecule has 0 saturated carbocycles. The van der Waals surface area contributed by atoms with E-state index in [2.05, 4.69) is 0 Å². The quantitative estimate of drug-likeness (QED) is 0.626. The van der Waals surface area contributed by atoms with Crippen LogP contribution < -0.4 is 9.47 Å². The summed E-state index contributed by atoms with van der Waals surface area (Å²) >= 11 is 0. The number of Topliss-reactive ketones (excluding diaryl/α,β-unsaturated/α-hetero) is 1. The second-order valence-electron chi connectivity index (χ2n) is 5.52. The average Bonchev–Trinajstić information content (AvgIpc) is 2.95. The lowest BCUT2D eigenvalue weighted by atomic mass is 9.98. The molecule has 0 unspecified atom stereocenters. The van der Waals surface area contributed by atoms with Gasteiger partial charge in [-0.3, -0.25) is 4.79 Å². The van der Waals surface area contributed by atoms with Crippen molar-refractivity contribution in [3.8, 4) is 23.6 Å². The van der Waals surface area contributed by atoms with Crippen LogP contribution in [0, 0.1) is 22.7 Å². The molecular formula is C21H14N2O3. The fourth-order valence-corrected chi connectivity index (χ4v) is 2.96. The van der Waals surface area contributed by atoms with Crippen LogP contribution in [0.5, 0.6) is 11.5 Å². The topological polar surface area (TPSA) is 83.1 Å². The van der Waals surface area contributed by atoms with E-state index in [1.807, 2.05) is 12.1 Å². The van der Waals surface area contributed by atoms with E-state index in [1.165, 1.54) is 7.11 Å². The number of nitrogens with zero attached hydrogens (tertiary/aromatic N) is 2. The number of ketones is 1. The third-order valence-electron chi connectivity index (χ3n) is 4.15. The van der Waals surface area contributed by atoms with Crippen LogP contribution in [0.25, 0.3) is 11.6 Å². The van der Waals surface area contributed by atoms with Gasteiger partial charge in [-0.05, 0) is 29.3 Å². The Hall–Kier alpha value is -3.83. The van der Waals surface area contributed by atoms with Crippen LogP contribution in [0.4, 0.5) is 0 Å². The number of allylic oxidation sites excluding steroid dienone is 3. The molecule has 0 fully saturated rings. The van der Waals surface area contributed by atoms with Gasteiger partial charge in [-0.15, -0.1) is 0 Å². The Morgan fingerprint density at radius 3 is 2.23 bits per heavy atom. The Bertz CT molecular complexity index is 1030. The Labute approximate surface area is 151 Å². The molecule has 0 saturated heterocycles. The average molecular weight is 342 g/mol. The van der Waals surface area contributed by atoms with Crippen LogP contribution in [0.3, 0.4) is 0 Å². The lowest BCUT2D eigenvalue weighted by Gasteiger charge is -2.08. The largest absolute Gasteiger partial charge is 0.493 e. The molecule has 3 rings (SSSR count). The molecule has 0 aromatic heterocycles. The van der Waals surface area contributed by atoms with Gasteiger partial charge >= 0.3 is 0 Å². The van der Waals surface area contributed by atoms with Gasteiger partial charge in [0.15, 0.2) is 17.3 Å². The summed E-state index contributed by atoms with van der Waals surface area (Å²) in [4.78, 5) is 12.8. The summed E-state index contributed by atoms with van der Waals surface area (Å²) in [6.45, 7) is 0. The zero-order valence-electron chi connectivity index (χ0n) is 14.2. The van der Waals surface area contributed by atoms with Gasteiger partial charge in [-0.2, -0.15) is 10.5 Å². The van der Waals surface area contributed by atoms with E-state index in [4.69, 9.17) is 9.47 Å². The zero-order chi connectivity index (χ0) is 18.7. The highest BCUT2D eigenvalue weighted by Gasteiger charge is 2.32. The first-order chi connectivity index (χ1) is 12.6. The van der Waals surface area contributed by atoms with Crippen LogP contribution in [0.15, 0.2) is 53.6 Å². The summed E-state index contributed by atoms with van der Waals surface area (Å²) in [5, 5.41) is 18.7. The smallest absolute Gasteiger partial charge is 0.194 e. The van der Waals surface area contributed by atoms with E-state index in [1.54, 1.807) is 55.7 Å². The predicted molar refractivity (Wildman–Crippen MR) is 96.4 cm³/mol. The molecule has 2 aromatic rings. The van der Waals surface area contributed by atoms with Crippen LogP contribution >= 0.6 is 0 Å². The van der Waals surface area contributed by atoms with Gasteiger partial charge in [0.2, 0.25) is 0 Å². The van der Waals surface area contributed by atoms with Gasteiger partial charge in [0.1, 0.15) is 17.7 Å². The molecule has 2 aromatic carbocycles. The molecular weight excluding hydrogens is 328 g/mol. The van der Waals surface area contributed by atoms with E-state index in [-0.39, 0.29) is 11.4 Å². The highest BCUT2D eigenvalue weighted by atomic mass is 16.5. The molecule has 0 radical (unpaired) electrons. The summed E-state index contributed by atoms with van der Waals surface area (Å²) in [7, 11) is 3.07. The van der Waals surface area contributed by atoms with Crippen LogP contribution in [0.1, 0.15) is 21.5 Å². The fraction of sp³-hybridized carbons (Fsp3) is 0.0952. The minimum Gasteiger partial charge on any atom is -0.493 e. The van der Waals surface area contributed by atoms with E-state index >= 15 is 0 Å². The molecule has 1 aliphatic rings. The van der Waals surface area contributed by atoms with Crippen molar-refractivity contribution in [2.75, 3.05) is 14.2 Å². The maximum absolute atomic E-state index is 12.8. The lowest BCUT2D eigenvalue weighted by Crippen LogP contribution is -1.96. The van der Waals surface area contributed by atoms with Crippen molar-refractivity contribution < 1.29 is 14.3 Å². The number of carbonyl (C=O) groups excluding carboxylic acids is 1. The summed E-state index contributed by atoms with van der Waals surface area (Å²) < 4.78 is 10.5. The summed E-state index contributed by atoms with van der Waals surface area (Å²) in [5.41, 5.74) is 2.38. The number of methoxy groups -OCH3 is 2. The highest BCUT2D eigenvalue weighted by molar-refractivity contribution is 6.29. The van der Waals surface area contributed by atoms with Gasteiger partial charge in [0.25, 0.3) is 0 Å². The van der Waals surface area contributed by atoms with E-state index in [9.17, 15) is 15.3 Å². The maximum atomic E-state index is 12.8. The molecule has 26 heavy (non-hydrogen) atoms. The molecule has 0 spiro atoms. The number of ether oxygens (including phenoxy) is 2. The monoisotopic (exact) mass is 342 g/mol. The standard InChI is InChI=1S/C21H14N2O3/c1-25-18-8-7-13(10-19(18)26-2)9-17-20(14(11-22)12-23)15-5-3-4-6-16(15)21(17)24/h3-10H,1-2H3/b17-9-. The third-order valence-corrected chi connectivity index (χ3v) is 4.15. The Kier molecular flexibility index (Phi) is 4.55.